The Morgan fingerprint density at radius 3 is 2.48 bits per heavy atom. The Kier molecular flexibility index (Phi) is 5.14. The second-order valence-corrected chi connectivity index (χ2v) is 8.65. The van der Waals surface area contributed by atoms with Crippen molar-refractivity contribution in [3.63, 3.8) is 0 Å². The van der Waals surface area contributed by atoms with Crippen LogP contribution in [0.4, 0.5) is 0 Å². The molecule has 0 fully saturated rings. The summed E-state index contributed by atoms with van der Waals surface area (Å²) in [5, 5.41) is 1.13. The topological polar surface area (TPSA) is 39.0 Å². The fraction of sp³-hybridized carbons (Fsp3) is 0.0556. The lowest BCUT2D eigenvalue weighted by atomic mass is 10.1. The molecule has 0 atom stereocenters. The molecule has 0 spiro atoms. The van der Waals surface area contributed by atoms with Gasteiger partial charge in [-0.15, -0.1) is 11.3 Å². The Hall–Kier alpha value is -1.63. The van der Waals surface area contributed by atoms with Gasteiger partial charge in [-0.05, 0) is 41.4 Å². The molecule has 0 unspecified atom stereocenters. The second-order valence-electron chi connectivity index (χ2n) is 5.72. The molecule has 0 saturated carbocycles. The number of nitrogens with zero attached hydrogens (tertiary/aromatic N) is 3. The number of aromatic nitrogens is 3. The van der Waals surface area contributed by atoms with Gasteiger partial charge in [0.05, 0.1) is 11.1 Å². The van der Waals surface area contributed by atoms with Crippen LogP contribution in [-0.4, -0.2) is 9.55 Å². The highest BCUT2D eigenvalue weighted by atomic mass is 35.5. The summed E-state index contributed by atoms with van der Waals surface area (Å²) >= 11 is 26.1. The maximum Gasteiger partial charge on any atom is 0.347 e. The molecule has 0 amide bonds. The van der Waals surface area contributed by atoms with E-state index in [1.165, 1.54) is 11.3 Å². The first-order chi connectivity index (χ1) is 12.9. The van der Waals surface area contributed by atoms with Gasteiger partial charge in [-0.25, -0.2) is 9.78 Å². The zero-order chi connectivity index (χ0) is 19.1. The summed E-state index contributed by atoms with van der Waals surface area (Å²) in [6.07, 6.45) is 3.45. The molecule has 0 aliphatic carbocycles. The molecule has 0 radical (unpaired) electrons. The predicted molar refractivity (Wildman–Crippen MR) is 111 cm³/mol. The first-order valence-electron chi connectivity index (χ1n) is 7.73. The van der Waals surface area contributed by atoms with Gasteiger partial charge in [0.1, 0.15) is 12.1 Å². The van der Waals surface area contributed by atoms with Gasteiger partial charge in [-0.3, -0.25) is 0 Å². The van der Waals surface area contributed by atoms with Crippen LogP contribution < -0.4 is 9.96 Å². The number of fused-ring (bicyclic) bond motifs is 1. The van der Waals surface area contributed by atoms with Crippen LogP contribution in [0.2, 0.25) is 19.7 Å². The highest BCUT2D eigenvalue weighted by molar-refractivity contribution is 7.15. The van der Waals surface area contributed by atoms with E-state index in [0.717, 1.165) is 4.88 Å². The van der Waals surface area contributed by atoms with E-state index in [1.54, 1.807) is 39.6 Å². The average Bonchev–Trinajstić information content (AvgIpc) is 3.03. The number of rotatable bonds is 3. The zero-order valence-electron chi connectivity index (χ0n) is 13.5. The van der Waals surface area contributed by atoms with E-state index < -0.39 is 0 Å². The van der Waals surface area contributed by atoms with Gasteiger partial charge in [0, 0.05) is 22.3 Å². The van der Waals surface area contributed by atoms with Crippen LogP contribution in [0.3, 0.4) is 0 Å². The number of hydrogen-bond donors (Lipinski definition) is 0. The van der Waals surface area contributed by atoms with Crippen molar-refractivity contribution in [1.82, 2.24) is 9.55 Å². The van der Waals surface area contributed by atoms with E-state index in [9.17, 15) is 4.79 Å². The van der Waals surface area contributed by atoms with Crippen LogP contribution in [-0.2, 0) is 6.54 Å². The molecule has 4 aromatic rings. The summed E-state index contributed by atoms with van der Waals surface area (Å²) in [5.74, 6) is 0. The van der Waals surface area contributed by atoms with Gasteiger partial charge in [0.15, 0.2) is 4.47 Å². The SMILES string of the molecule is O=c1c(-c2cc(Cl)cc(Cl)c2)c(Cl)[n+]2ccccc2n1Cc1cnc(Cl)s1. The van der Waals surface area contributed by atoms with Gasteiger partial charge < -0.3 is 0 Å². The molecule has 0 bridgehead atoms. The van der Waals surface area contributed by atoms with Gasteiger partial charge >= 0.3 is 5.56 Å². The molecule has 1 aromatic carbocycles. The molecule has 4 rings (SSSR count). The first-order valence-corrected chi connectivity index (χ1v) is 10.1. The minimum atomic E-state index is -0.256. The first kappa shape index (κ1) is 18.7. The molecule has 4 nitrogen and oxygen atoms in total. The van der Waals surface area contributed by atoms with Gasteiger partial charge in [0.25, 0.3) is 5.65 Å². The lowest BCUT2D eigenvalue weighted by Gasteiger charge is -2.09. The minimum absolute atomic E-state index is 0.256. The van der Waals surface area contributed by atoms with E-state index in [2.05, 4.69) is 4.98 Å². The van der Waals surface area contributed by atoms with Crippen LogP contribution in [0, 0.1) is 0 Å². The molecule has 136 valence electrons. The highest BCUT2D eigenvalue weighted by Gasteiger charge is 2.24. The molecule has 0 saturated heterocycles. The number of pyridine rings is 1. The molecule has 3 heterocycles. The second kappa shape index (κ2) is 7.41. The van der Waals surface area contributed by atoms with Gasteiger partial charge in [-0.1, -0.05) is 40.9 Å². The molecule has 0 N–H and O–H groups in total. The van der Waals surface area contributed by atoms with Crippen molar-refractivity contribution in [3.8, 4) is 11.1 Å². The smallest absolute Gasteiger partial charge is 0.241 e. The average molecular weight is 458 g/mol. The van der Waals surface area contributed by atoms with Crippen molar-refractivity contribution < 1.29 is 4.40 Å². The van der Waals surface area contributed by atoms with Crippen molar-refractivity contribution >= 4 is 63.4 Å². The molecular formula is C18H10Cl4N3OS+. The van der Waals surface area contributed by atoms with Gasteiger partial charge in [-0.2, -0.15) is 8.97 Å². The third-order valence-electron chi connectivity index (χ3n) is 3.98. The maximum absolute atomic E-state index is 13.4. The molecule has 3 aromatic heterocycles. The fourth-order valence-electron chi connectivity index (χ4n) is 2.87. The monoisotopic (exact) mass is 456 g/mol. The fourth-order valence-corrected chi connectivity index (χ4v) is 4.70. The summed E-state index contributed by atoms with van der Waals surface area (Å²) in [5.41, 5.74) is 1.26. The van der Waals surface area contributed by atoms with Gasteiger partial charge in [0.2, 0.25) is 5.15 Å². The van der Waals surface area contributed by atoms with Crippen molar-refractivity contribution in [2.24, 2.45) is 0 Å². The number of benzene rings is 1. The minimum Gasteiger partial charge on any atom is -0.241 e. The Bertz CT molecular complexity index is 1210. The molecule has 0 aliphatic heterocycles. The van der Waals surface area contributed by atoms with Crippen molar-refractivity contribution in [2.45, 2.75) is 6.54 Å². The zero-order valence-corrected chi connectivity index (χ0v) is 17.3. The quantitative estimate of drug-likeness (QED) is 0.306. The van der Waals surface area contributed by atoms with E-state index >= 15 is 0 Å². The van der Waals surface area contributed by atoms with Crippen LogP contribution >= 0.6 is 57.7 Å². The Labute approximate surface area is 178 Å². The Morgan fingerprint density at radius 2 is 1.81 bits per heavy atom. The third-order valence-corrected chi connectivity index (χ3v) is 5.89. The van der Waals surface area contributed by atoms with Crippen molar-refractivity contribution in [3.05, 3.63) is 83.7 Å². The molecular weight excluding hydrogens is 448 g/mol. The Balaban J connectivity index is 2.03. The third kappa shape index (κ3) is 3.58. The summed E-state index contributed by atoms with van der Waals surface area (Å²) in [6.45, 7) is 0.315. The van der Waals surface area contributed by atoms with E-state index in [-0.39, 0.29) is 10.7 Å². The number of hydrogen-bond acceptors (Lipinski definition) is 3. The summed E-state index contributed by atoms with van der Waals surface area (Å²) in [7, 11) is 0. The van der Waals surface area contributed by atoms with Crippen LogP contribution in [0.1, 0.15) is 4.88 Å². The predicted octanol–water partition coefficient (Wildman–Crippen LogP) is 5.37. The van der Waals surface area contributed by atoms with Crippen LogP contribution in [0.25, 0.3) is 16.8 Å². The van der Waals surface area contributed by atoms with E-state index in [1.807, 2.05) is 18.2 Å². The van der Waals surface area contributed by atoms with Crippen LogP contribution in [0.5, 0.6) is 0 Å². The number of halogens is 4. The summed E-state index contributed by atoms with van der Waals surface area (Å²) in [6, 6.07) is 10.4. The Morgan fingerprint density at radius 1 is 1.07 bits per heavy atom. The highest BCUT2D eigenvalue weighted by Crippen LogP contribution is 2.29. The molecule has 9 heteroatoms. The van der Waals surface area contributed by atoms with Crippen molar-refractivity contribution in [1.29, 1.82) is 0 Å². The van der Waals surface area contributed by atoms with Crippen molar-refractivity contribution in [2.75, 3.05) is 0 Å². The maximum atomic E-state index is 13.4. The largest absolute Gasteiger partial charge is 0.347 e. The summed E-state index contributed by atoms with van der Waals surface area (Å²) in [4.78, 5) is 18.3. The number of thiazole rings is 1. The lowest BCUT2D eigenvalue weighted by molar-refractivity contribution is -0.513. The lowest BCUT2D eigenvalue weighted by Crippen LogP contribution is -2.36. The summed E-state index contributed by atoms with van der Waals surface area (Å²) < 4.78 is 3.79. The van der Waals surface area contributed by atoms with E-state index in [4.69, 9.17) is 46.4 Å². The van der Waals surface area contributed by atoms with Crippen LogP contribution in [0.15, 0.2) is 53.6 Å². The van der Waals surface area contributed by atoms with E-state index in [0.29, 0.717) is 37.8 Å². The normalized spacial score (nSPS) is 11.3. The standard InChI is InChI=1S/C18H10Cl4N3OS/c19-11-5-10(6-12(20)7-11)15-16(21)24-4-2-1-3-14(24)25(17(15)26)9-13-8-23-18(22)27-13/h1-8H,9H2/q+1. The molecule has 27 heavy (non-hydrogen) atoms. The molecule has 0 aliphatic rings.